The first kappa shape index (κ1) is 22.3. The van der Waals surface area contributed by atoms with Crippen LogP contribution in [0.4, 0.5) is 24.5 Å². The van der Waals surface area contributed by atoms with Crippen LogP contribution in [0.15, 0.2) is 54.7 Å². The van der Waals surface area contributed by atoms with Crippen molar-refractivity contribution in [1.29, 1.82) is 0 Å². The van der Waals surface area contributed by atoms with E-state index in [1.165, 1.54) is 54.6 Å². The zero-order chi connectivity index (χ0) is 23.7. The van der Waals surface area contributed by atoms with Gasteiger partial charge in [0, 0.05) is 40.7 Å². The number of aromatic nitrogens is 1. The Hall–Kier alpha value is -3.88. The molecule has 33 heavy (non-hydrogen) atoms. The molecule has 170 valence electrons. The van der Waals surface area contributed by atoms with Crippen molar-refractivity contribution in [2.24, 2.45) is 0 Å². The topological polar surface area (TPSA) is 71.5 Å². The second-order valence-corrected chi connectivity index (χ2v) is 7.56. The molecular formula is C24H20F3N3O3. The molecule has 1 N–H and O–H groups in total. The Kier molecular flexibility index (Phi) is 6.04. The van der Waals surface area contributed by atoms with E-state index < -0.39 is 36.5 Å². The van der Waals surface area contributed by atoms with Crippen molar-refractivity contribution >= 4 is 23.2 Å². The molecular weight excluding hydrogens is 435 g/mol. The lowest BCUT2D eigenvalue weighted by Gasteiger charge is -2.25. The monoisotopic (exact) mass is 455 g/mol. The van der Waals surface area contributed by atoms with E-state index >= 15 is 4.39 Å². The first-order chi connectivity index (χ1) is 15.8. The standard InChI is InChI=1S/C24H20F3N3O3/c1-13-22-17(4-3-9-28-22)21-18(25)10-16(33-2)11-19(21)30(24(13)32)12-20(31)29-15-7-5-14(6-8-15)23(26)27/h3-11,13,23H,12H2,1-2H3,(H,29,31)/t13-/m0/s1. The highest BCUT2D eigenvalue weighted by Crippen LogP contribution is 2.43. The predicted octanol–water partition coefficient (Wildman–Crippen LogP) is 4.92. The molecule has 9 heteroatoms. The fourth-order valence-electron chi connectivity index (χ4n) is 3.83. The van der Waals surface area contributed by atoms with Crippen molar-refractivity contribution < 1.29 is 27.5 Å². The van der Waals surface area contributed by atoms with Crippen LogP contribution in [0.2, 0.25) is 0 Å². The lowest BCUT2D eigenvalue weighted by molar-refractivity contribution is -0.122. The van der Waals surface area contributed by atoms with E-state index in [-0.39, 0.29) is 22.6 Å². The fraction of sp³-hybridized carbons (Fsp3) is 0.208. The Morgan fingerprint density at radius 2 is 1.94 bits per heavy atom. The summed E-state index contributed by atoms with van der Waals surface area (Å²) in [5, 5.41) is 2.59. The van der Waals surface area contributed by atoms with Gasteiger partial charge in [0.2, 0.25) is 11.8 Å². The van der Waals surface area contributed by atoms with Crippen molar-refractivity contribution in [2.45, 2.75) is 19.3 Å². The summed E-state index contributed by atoms with van der Waals surface area (Å²) in [6.45, 7) is 1.22. The van der Waals surface area contributed by atoms with Crippen LogP contribution >= 0.6 is 0 Å². The third kappa shape index (κ3) is 4.26. The number of amides is 2. The normalized spacial score (nSPS) is 15.0. The third-order valence-corrected chi connectivity index (χ3v) is 5.47. The third-order valence-electron chi connectivity index (χ3n) is 5.47. The number of nitrogens with one attached hydrogen (secondary N) is 1. The minimum atomic E-state index is -2.62. The molecule has 1 aliphatic heterocycles. The molecule has 0 fully saturated rings. The highest BCUT2D eigenvalue weighted by molar-refractivity contribution is 6.09. The molecule has 2 heterocycles. The minimum Gasteiger partial charge on any atom is -0.497 e. The Bertz CT molecular complexity index is 1220. The van der Waals surface area contributed by atoms with Crippen LogP contribution in [-0.4, -0.2) is 30.5 Å². The number of hydrogen-bond donors (Lipinski definition) is 1. The number of pyridine rings is 1. The summed E-state index contributed by atoms with van der Waals surface area (Å²) in [6.07, 6.45) is -1.10. The number of nitrogens with zero attached hydrogens (tertiary/aromatic N) is 2. The Morgan fingerprint density at radius 1 is 1.21 bits per heavy atom. The van der Waals surface area contributed by atoms with E-state index in [1.54, 1.807) is 19.1 Å². The summed E-state index contributed by atoms with van der Waals surface area (Å²) in [4.78, 5) is 31.6. The summed E-state index contributed by atoms with van der Waals surface area (Å²) < 4.78 is 45.9. The van der Waals surface area contributed by atoms with Gasteiger partial charge in [-0.1, -0.05) is 18.2 Å². The predicted molar refractivity (Wildman–Crippen MR) is 117 cm³/mol. The van der Waals surface area contributed by atoms with Gasteiger partial charge in [-0.05, 0) is 25.1 Å². The highest BCUT2D eigenvalue weighted by Gasteiger charge is 2.35. The lowest BCUT2D eigenvalue weighted by atomic mass is 9.97. The molecule has 0 aliphatic carbocycles. The van der Waals surface area contributed by atoms with Crippen LogP contribution in [0.1, 0.15) is 30.5 Å². The Balaban J connectivity index is 1.71. The quantitative estimate of drug-likeness (QED) is 0.593. The van der Waals surface area contributed by atoms with Gasteiger partial charge >= 0.3 is 0 Å². The van der Waals surface area contributed by atoms with Gasteiger partial charge in [-0.15, -0.1) is 0 Å². The fourth-order valence-corrected chi connectivity index (χ4v) is 3.83. The van der Waals surface area contributed by atoms with E-state index in [2.05, 4.69) is 10.3 Å². The number of anilines is 2. The minimum absolute atomic E-state index is 0.144. The average molecular weight is 455 g/mol. The van der Waals surface area contributed by atoms with Crippen LogP contribution in [0.3, 0.4) is 0 Å². The molecule has 1 aliphatic rings. The summed E-state index contributed by atoms with van der Waals surface area (Å²) in [5.41, 5.74) is 1.30. The number of carbonyl (C=O) groups excluding carboxylic acids is 2. The summed E-state index contributed by atoms with van der Waals surface area (Å²) >= 11 is 0. The zero-order valence-electron chi connectivity index (χ0n) is 17.8. The summed E-state index contributed by atoms with van der Waals surface area (Å²) in [6, 6.07) is 11.1. The van der Waals surface area contributed by atoms with Gasteiger partial charge in [-0.25, -0.2) is 13.2 Å². The Morgan fingerprint density at radius 3 is 2.61 bits per heavy atom. The molecule has 1 atom stereocenters. The molecule has 6 nitrogen and oxygen atoms in total. The maximum absolute atomic E-state index is 15.2. The number of methoxy groups -OCH3 is 1. The number of rotatable bonds is 5. The van der Waals surface area contributed by atoms with Crippen molar-refractivity contribution in [2.75, 3.05) is 23.9 Å². The number of fused-ring (bicyclic) bond motifs is 3. The van der Waals surface area contributed by atoms with Gasteiger partial charge in [-0.2, -0.15) is 0 Å². The molecule has 2 aromatic carbocycles. The van der Waals surface area contributed by atoms with E-state index in [0.29, 0.717) is 16.9 Å². The molecule has 2 amide bonds. The lowest BCUT2D eigenvalue weighted by Crippen LogP contribution is -2.40. The second kappa shape index (κ2) is 8.93. The number of carbonyl (C=O) groups is 2. The maximum atomic E-state index is 15.2. The van der Waals surface area contributed by atoms with E-state index in [1.807, 2.05) is 0 Å². The Labute approximate surface area is 188 Å². The number of halogens is 3. The van der Waals surface area contributed by atoms with Crippen molar-refractivity contribution in [3.05, 3.63) is 71.8 Å². The van der Waals surface area contributed by atoms with Gasteiger partial charge in [-0.3, -0.25) is 14.6 Å². The van der Waals surface area contributed by atoms with Crippen molar-refractivity contribution in [1.82, 2.24) is 4.98 Å². The van der Waals surface area contributed by atoms with Gasteiger partial charge in [0.25, 0.3) is 6.43 Å². The van der Waals surface area contributed by atoms with Crippen molar-refractivity contribution in [3.63, 3.8) is 0 Å². The molecule has 0 bridgehead atoms. The largest absolute Gasteiger partial charge is 0.497 e. The van der Waals surface area contributed by atoms with Crippen LogP contribution < -0.4 is 15.0 Å². The van der Waals surface area contributed by atoms with Crippen molar-refractivity contribution in [3.8, 4) is 16.9 Å². The maximum Gasteiger partial charge on any atom is 0.263 e. The van der Waals surface area contributed by atoms with Gasteiger partial charge in [0.1, 0.15) is 18.1 Å². The SMILES string of the molecule is COc1cc(F)c2c(c1)N(CC(=O)Nc1ccc(C(F)F)cc1)C(=O)[C@@H](C)c1ncccc1-2. The summed E-state index contributed by atoms with van der Waals surface area (Å²) in [7, 11) is 1.37. The number of hydrogen-bond acceptors (Lipinski definition) is 4. The van der Waals surface area contributed by atoms with Crippen LogP contribution in [0.5, 0.6) is 5.75 Å². The molecule has 0 radical (unpaired) electrons. The van der Waals surface area contributed by atoms with Gasteiger partial charge in [0.05, 0.1) is 24.4 Å². The summed E-state index contributed by atoms with van der Waals surface area (Å²) in [5.74, 6) is -2.18. The molecule has 1 aromatic heterocycles. The number of benzene rings is 2. The van der Waals surface area contributed by atoms with E-state index in [0.717, 1.165) is 0 Å². The first-order valence-electron chi connectivity index (χ1n) is 10.1. The number of ether oxygens (including phenoxy) is 1. The molecule has 3 aromatic rings. The first-order valence-corrected chi connectivity index (χ1v) is 10.1. The van der Waals surface area contributed by atoms with Crippen LogP contribution in [0, 0.1) is 5.82 Å². The molecule has 0 saturated carbocycles. The zero-order valence-corrected chi connectivity index (χ0v) is 17.8. The van der Waals surface area contributed by atoms with Crippen LogP contribution in [-0.2, 0) is 9.59 Å². The molecule has 4 rings (SSSR count). The van der Waals surface area contributed by atoms with Gasteiger partial charge < -0.3 is 15.0 Å². The highest BCUT2D eigenvalue weighted by atomic mass is 19.3. The van der Waals surface area contributed by atoms with Crippen LogP contribution in [0.25, 0.3) is 11.1 Å². The smallest absolute Gasteiger partial charge is 0.263 e. The van der Waals surface area contributed by atoms with E-state index in [4.69, 9.17) is 4.74 Å². The number of alkyl halides is 2. The van der Waals surface area contributed by atoms with Gasteiger partial charge in [0.15, 0.2) is 0 Å². The second-order valence-electron chi connectivity index (χ2n) is 7.56. The molecule has 0 spiro atoms. The molecule has 0 saturated heterocycles. The average Bonchev–Trinajstić information content (AvgIpc) is 2.89. The molecule has 0 unspecified atom stereocenters. The van der Waals surface area contributed by atoms with E-state index in [9.17, 15) is 18.4 Å².